The van der Waals surface area contributed by atoms with Gasteiger partial charge in [0, 0.05) is 24.1 Å². The number of anilines is 1. The van der Waals surface area contributed by atoms with Crippen LogP contribution in [-0.2, 0) is 4.79 Å². The molecule has 1 aliphatic rings. The monoisotopic (exact) mass is 234 g/mol. The molecule has 0 bridgehead atoms. The molecule has 0 aromatic carbocycles. The molecule has 1 aromatic heterocycles. The minimum Gasteiger partial charge on any atom is -0.481 e. The van der Waals surface area contributed by atoms with Gasteiger partial charge in [0.1, 0.15) is 0 Å². The second-order valence-corrected chi connectivity index (χ2v) is 4.72. The van der Waals surface area contributed by atoms with Crippen LogP contribution >= 0.6 is 0 Å². The summed E-state index contributed by atoms with van der Waals surface area (Å²) >= 11 is 0. The maximum absolute atomic E-state index is 10.8. The molecular formula is C13H18N2O2. The molecule has 0 radical (unpaired) electrons. The van der Waals surface area contributed by atoms with Gasteiger partial charge in [-0.3, -0.25) is 9.78 Å². The lowest BCUT2D eigenvalue weighted by atomic mass is 9.86. The second kappa shape index (κ2) is 5.17. The second-order valence-electron chi connectivity index (χ2n) is 4.72. The average molecular weight is 234 g/mol. The average Bonchev–Trinajstić information content (AvgIpc) is 2.33. The van der Waals surface area contributed by atoms with Crippen LogP contribution in [0.5, 0.6) is 0 Å². The van der Waals surface area contributed by atoms with Gasteiger partial charge in [-0.2, -0.15) is 0 Å². The van der Waals surface area contributed by atoms with E-state index in [-0.39, 0.29) is 5.92 Å². The number of aryl methyl sites for hydroxylation is 1. The van der Waals surface area contributed by atoms with Crippen LogP contribution in [0, 0.1) is 12.8 Å². The zero-order valence-electron chi connectivity index (χ0n) is 10.0. The predicted octanol–water partition coefficient (Wildman–Crippen LogP) is 2.45. The number of carboxylic acids is 1. The summed E-state index contributed by atoms with van der Waals surface area (Å²) in [7, 11) is 0. The quantitative estimate of drug-likeness (QED) is 0.843. The Morgan fingerprint density at radius 1 is 1.41 bits per heavy atom. The first-order valence-corrected chi connectivity index (χ1v) is 6.07. The van der Waals surface area contributed by atoms with E-state index in [0.717, 1.165) is 36.9 Å². The molecule has 92 valence electrons. The Hall–Kier alpha value is -1.58. The maximum Gasteiger partial charge on any atom is 0.306 e. The third kappa shape index (κ3) is 2.96. The maximum atomic E-state index is 10.8. The van der Waals surface area contributed by atoms with Gasteiger partial charge in [-0.1, -0.05) is 0 Å². The minimum absolute atomic E-state index is 0.147. The highest BCUT2D eigenvalue weighted by Crippen LogP contribution is 2.27. The lowest BCUT2D eigenvalue weighted by Gasteiger charge is -2.28. The SMILES string of the molecule is Cc1cnccc1NC1CCC(C(=O)O)CC1. The number of hydrogen-bond donors (Lipinski definition) is 2. The zero-order valence-corrected chi connectivity index (χ0v) is 10.0. The highest BCUT2D eigenvalue weighted by molar-refractivity contribution is 5.70. The Labute approximate surface area is 101 Å². The molecule has 2 N–H and O–H groups in total. The first kappa shape index (κ1) is 11.9. The molecule has 0 unspecified atom stereocenters. The van der Waals surface area contributed by atoms with Crippen LogP contribution in [0.25, 0.3) is 0 Å². The Morgan fingerprint density at radius 3 is 2.71 bits per heavy atom. The molecule has 0 aliphatic heterocycles. The van der Waals surface area contributed by atoms with E-state index in [1.165, 1.54) is 0 Å². The van der Waals surface area contributed by atoms with Crippen LogP contribution in [-0.4, -0.2) is 22.1 Å². The molecular weight excluding hydrogens is 216 g/mol. The molecule has 2 rings (SSSR count). The van der Waals surface area contributed by atoms with E-state index in [2.05, 4.69) is 10.3 Å². The number of carboxylic acid groups (broad SMARTS) is 1. The van der Waals surface area contributed by atoms with Crippen LogP contribution in [0.1, 0.15) is 31.2 Å². The van der Waals surface area contributed by atoms with Gasteiger partial charge in [-0.15, -0.1) is 0 Å². The van der Waals surface area contributed by atoms with Gasteiger partial charge in [0.25, 0.3) is 0 Å². The van der Waals surface area contributed by atoms with Gasteiger partial charge in [0.2, 0.25) is 0 Å². The molecule has 0 spiro atoms. The number of aliphatic carboxylic acids is 1. The Balaban J connectivity index is 1.90. The van der Waals surface area contributed by atoms with Crippen molar-refractivity contribution in [1.82, 2.24) is 4.98 Å². The number of nitrogens with zero attached hydrogens (tertiary/aromatic N) is 1. The molecule has 17 heavy (non-hydrogen) atoms. The van der Waals surface area contributed by atoms with E-state index < -0.39 is 5.97 Å². The Morgan fingerprint density at radius 2 is 2.12 bits per heavy atom. The fraction of sp³-hybridized carbons (Fsp3) is 0.538. The van der Waals surface area contributed by atoms with Crippen molar-refractivity contribution in [2.45, 2.75) is 38.6 Å². The third-order valence-corrected chi connectivity index (χ3v) is 3.46. The van der Waals surface area contributed by atoms with E-state index in [1.807, 2.05) is 19.2 Å². The molecule has 1 aromatic rings. The van der Waals surface area contributed by atoms with Gasteiger partial charge in [0.15, 0.2) is 0 Å². The minimum atomic E-state index is -0.649. The first-order valence-electron chi connectivity index (χ1n) is 6.07. The van der Waals surface area contributed by atoms with Crippen molar-refractivity contribution in [3.63, 3.8) is 0 Å². The molecule has 4 heteroatoms. The predicted molar refractivity (Wildman–Crippen MR) is 66.0 cm³/mol. The summed E-state index contributed by atoms with van der Waals surface area (Å²) in [4.78, 5) is 14.9. The van der Waals surface area contributed by atoms with E-state index in [0.29, 0.717) is 6.04 Å². The highest BCUT2D eigenvalue weighted by Gasteiger charge is 2.25. The number of aromatic nitrogens is 1. The van der Waals surface area contributed by atoms with Crippen molar-refractivity contribution in [3.8, 4) is 0 Å². The van der Waals surface area contributed by atoms with E-state index in [9.17, 15) is 4.79 Å². The van der Waals surface area contributed by atoms with Gasteiger partial charge < -0.3 is 10.4 Å². The van der Waals surface area contributed by atoms with Crippen LogP contribution in [0.4, 0.5) is 5.69 Å². The summed E-state index contributed by atoms with van der Waals surface area (Å²) < 4.78 is 0. The topological polar surface area (TPSA) is 62.2 Å². The molecule has 1 aliphatic carbocycles. The number of pyridine rings is 1. The lowest BCUT2D eigenvalue weighted by Crippen LogP contribution is -2.29. The van der Waals surface area contributed by atoms with Crippen LogP contribution in [0.3, 0.4) is 0 Å². The first-order chi connectivity index (χ1) is 8.16. The molecule has 1 saturated carbocycles. The van der Waals surface area contributed by atoms with Gasteiger partial charge in [-0.05, 0) is 44.2 Å². The molecule has 0 atom stereocenters. The number of hydrogen-bond acceptors (Lipinski definition) is 3. The molecule has 4 nitrogen and oxygen atoms in total. The third-order valence-electron chi connectivity index (χ3n) is 3.46. The highest BCUT2D eigenvalue weighted by atomic mass is 16.4. The standard InChI is InChI=1S/C13H18N2O2/c1-9-8-14-7-6-12(9)15-11-4-2-10(3-5-11)13(16)17/h6-8,10-11H,2-5H2,1H3,(H,14,15)(H,16,17). The normalized spacial score (nSPS) is 24.3. The molecule has 1 heterocycles. The largest absolute Gasteiger partial charge is 0.481 e. The smallest absolute Gasteiger partial charge is 0.306 e. The van der Waals surface area contributed by atoms with E-state index >= 15 is 0 Å². The summed E-state index contributed by atoms with van der Waals surface area (Å²) in [6.45, 7) is 2.03. The summed E-state index contributed by atoms with van der Waals surface area (Å²) in [5, 5.41) is 12.4. The Kier molecular flexibility index (Phi) is 3.61. The van der Waals surface area contributed by atoms with E-state index in [1.54, 1.807) is 6.20 Å². The summed E-state index contributed by atoms with van der Waals surface area (Å²) in [5.74, 6) is -0.796. The molecule has 0 amide bonds. The Bertz CT molecular complexity index is 398. The van der Waals surface area contributed by atoms with Crippen molar-refractivity contribution >= 4 is 11.7 Å². The van der Waals surface area contributed by atoms with Crippen molar-refractivity contribution in [2.75, 3.05) is 5.32 Å². The van der Waals surface area contributed by atoms with Crippen molar-refractivity contribution in [3.05, 3.63) is 24.0 Å². The van der Waals surface area contributed by atoms with Crippen molar-refractivity contribution < 1.29 is 9.90 Å². The van der Waals surface area contributed by atoms with Gasteiger partial charge >= 0.3 is 5.97 Å². The summed E-state index contributed by atoms with van der Waals surface area (Å²) in [5.41, 5.74) is 2.24. The lowest BCUT2D eigenvalue weighted by molar-refractivity contribution is -0.142. The van der Waals surface area contributed by atoms with Crippen LogP contribution in [0.2, 0.25) is 0 Å². The van der Waals surface area contributed by atoms with Crippen LogP contribution in [0.15, 0.2) is 18.5 Å². The summed E-state index contributed by atoms with van der Waals surface area (Å²) in [6, 6.07) is 2.37. The van der Waals surface area contributed by atoms with Crippen molar-refractivity contribution in [1.29, 1.82) is 0 Å². The fourth-order valence-corrected chi connectivity index (χ4v) is 2.34. The molecule has 1 fully saturated rings. The number of rotatable bonds is 3. The molecule has 0 saturated heterocycles. The number of nitrogens with one attached hydrogen (secondary N) is 1. The van der Waals surface area contributed by atoms with Crippen molar-refractivity contribution in [2.24, 2.45) is 5.92 Å². The number of carbonyl (C=O) groups is 1. The van der Waals surface area contributed by atoms with Gasteiger partial charge in [0.05, 0.1) is 5.92 Å². The van der Waals surface area contributed by atoms with Crippen LogP contribution < -0.4 is 5.32 Å². The summed E-state index contributed by atoms with van der Waals surface area (Å²) in [6.07, 6.45) is 7.02. The van der Waals surface area contributed by atoms with Gasteiger partial charge in [-0.25, -0.2) is 0 Å². The fourth-order valence-electron chi connectivity index (χ4n) is 2.34. The zero-order chi connectivity index (χ0) is 12.3. The van der Waals surface area contributed by atoms with E-state index in [4.69, 9.17) is 5.11 Å².